The lowest BCUT2D eigenvalue weighted by Crippen LogP contribution is -2.48. The molecule has 0 N–H and O–H groups in total. The van der Waals surface area contributed by atoms with Gasteiger partial charge in [0.2, 0.25) is 0 Å². The summed E-state index contributed by atoms with van der Waals surface area (Å²) < 4.78 is 6.48. The zero-order valence-corrected chi connectivity index (χ0v) is 15.6. The number of nitrogens with zero attached hydrogens (tertiary/aromatic N) is 2. The van der Waals surface area contributed by atoms with Crippen LogP contribution in [0.15, 0.2) is 14.3 Å². The second-order valence-electron chi connectivity index (χ2n) is 4.69. The van der Waals surface area contributed by atoms with Crippen molar-refractivity contribution in [1.29, 1.82) is 0 Å². The van der Waals surface area contributed by atoms with Gasteiger partial charge in [-0.1, -0.05) is 0 Å². The van der Waals surface area contributed by atoms with Crippen LogP contribution in [0.1, 0.15) is 16.1 Å². The number of rotatable bonds is 4. The van der Waals surface area contributed by atoms with E-state index < -0.39 is 0 Å². The van der Waals surface area contributed by atoms with Crippen LogP contribution in [0.4, 0.5) is 0 Å². The average Bonchev–Trinajstić information content (AvgIpc) is 2.84. The van der Waals surface area contributed by atoms with Gasteiger partial charge in [-0.25, -0.2) is 0 Å². The zero-order valence-electron chi connectivity index (χ0n) is 11.6. The highest BCUT2D eigenvalue weighted by Gasteiger charge is 2.24. The van der Waals surface area contributed by atoms with Gasteiger partial charge in [-0.05, 0) is 37.9 Å². The first-order valence-electron chi connectivity index (χ1n) is 6.54. The molecule has 1 saturated heterocycles. The van der Waals surface area contributed by atoms with Crippen LogP contribution < -0.4 is 0 Å². The highest BCUT2D eigenvalue weighted by molar-refractivity contribution is 9.13. The molecule has 0 atom stereocenters. The molecule has 8 heteroatoms. The van der Waals surface area contributed by atoms with Crippen molar-refractivity contribution in [2.75, 3.05) is 39.8 Å². The highest BCUT2D eigenvalue weighted by atomic mass is 79.9. The van der Waals surface area contributed by atoms with Crippen molar-refractivity contribution < 1.29 is 14.3 Å². The molecule has 0 saturated carbocycles. The average molecular weight is 440 g/mol. The second-order valence-corrected chi connectivity index (χ2v) is 7.92. The maximum Gasteiger partial charge on any atom is 0.306 e. The van der Waals surface area contributed by atoms with Crippen LogP contribution in [0.3, 0.4) is 0 Å². The summed E-state index contributed by atoms with van der Waals surface area (Å²) in [6, 6.07) is 1.85. The normalized spacial score (nSPS) is 16.0. The molecule has 21 heavy (non-hydrogen) atoms. The Labute approximate surface area is 144 Å². The second kappa shape index (κ2) is 7.71. The summed E-state index contributed by atoms with van der Waals surface area (Å²) in [6.45, 7) is 3.64. The Balaban J connectivity index is 1.83. The van der Waals surface area contributed by atoms with Crippen LogP contribution in [0.5, 0.6) is 0 Å². The summed E-state index contributed by atoms with van der Waals surface area (Å²) in [4.78, 5) is 28.3. The van der Waals surface area contributed by atoms with E-state index in [4.69, 9.17) is 0 Å². The molecule has 1 aliphatic rings. The van der Waals surface area contributed by atoms with Crippen molar-refractivity contribution in [2.45, 2.75) is 6.42 Å². The molecule has 0 aliphatic carbocycles. The Morgan fingerprint density at radius 2 is 1.95 bits per heavy atom. The quantitative estimate of drug-likeness (QED) is 0.676. The van der Waals surface area contributed by atoms with Crippen molar-refractivity contribution in [3.05, 3.63) is 19.2 Å². The first kappa shape index (κ1) is 16.9. The fraction of sp³-hybridized carbons (Fsp3) is 0.538. The fourth-order valence-electron chi connectivity index (χ4n) is 2.13. The van der Waals surface area contributed by atoms with Gasteiger partial charge in [-0.3, -0.25) is 14.5 Å². The van der Waals surface area contributed by atoms with Gasteiger partial charge in [0.1, 0.15) is 0 Å². The number of piperazine rings is 1. The molecule has 1 amide bonds. The Hall–Kier alpha value is -0.440. The number of hydrogen-bond donors (Lipinski definition) is 0. The fourth-order valence-corrected chi connectivity index (χ4v) is 4.14. The van der Waals surface area contributed by atoms with E-state index in [1.807, 2.05) is 11.0 Å². The molecule has 5 nitrogen and oxygen atoms in total. The molecule has 1 aliphatic heterocycles. The van der Waals surface area contributed by atoms with Crippen molar-refractivity contribution >= 4 is 55.1 Å². The largest absolute Gasteiger partial charge is 0.469 e. The van der Waals surface area contributed by atoms with Crippen molar-refractivity contribution in [2.24, 2.45) is 0 Å². The number of ether oxygens (including phenoxy) is 1. The topological polar surface area (TPSA) is 49.9 Å². The van der Waals surface area contributed by atoms with E-state index >= 15 is 0 Å². The lowest BCUT2D eigenvalue weighted by atomic mass is 10.2. The van der Waals surface area contributed by atoms with E-state index in [1.54, 1.807) is 0 Å². The minimum Gasteiger partial charge on any atom is -0.469 e. The van der Waals surface area contributed by atoms with Crippen LogP contribution in [0.25, 0.3) is 0 Å². The van der Waals surface area contributed by atoms with Crippen molar-refractivity contribution in [3.63, 3.8) is 0 Å². The van der Waals surface area contributed by atoms with E-state index in [9.17, 15) is 9.59 Å². The summed E-state index contributed by atoms with van der Waals surface area (Å²) in [6.07, 6.45) is 0.398. The summed E-state index contributed by atoms with van der Waals surface area (Å²) in [5.41, 5.74) is 0. The molecule has 1 aromatic rings. The Bertz CT molecular complexity index is 508. The third-order valence-electron chi connectivity index (χ3n) is 3.38. The Morgan fingerprint density at radius 3 is 2.48 bits per heavy atom. The van der Waals surface area contributed by atoms with Crippen molar-refractivity contribution in [1.82, 2.24) is 9.80 Å². The van der Waals surface area contributed by atoms with E-state index in [0.717, 1.165) is 26.2 Å². The van der Waals surface area contributed by atoms with E-state index in [1.165, 1.54) is 18.4 Å². The smallest absolute Gasteiger partial charge is 0.306 e. The molecule has 2 heterocycles. The minimum absolute atomic E-state index is 0.0685. The van der Waals surface area contributed by atoms with Gasteiger partial charge >= 0.3 is 5.97 Å². The predicted molar refractivity (Wildman–Crippen MR) is 88.7 cm³/mol. The molecule has 1 aromatic heterocycles. The van der Waals surface area contributed by atoms with Crippen LogP contribution in [0, 0.1) is 0 Å². The number of methoxy groups -OCH3 is 1. The van der Waals surface area contributed by atoms with Gasteiger partial charge in [-0.15, -0.1) is 11.3 Å². The maximum atomic E-state index is 12.4. The van der Waals surface area contributed by atoms with Gasteiger partial charge in [0.15, 0.2) is 0 Å². The molecular formula is C13H16Br2N2O3S. The summed E-state index contributed by atoms with van der Waals surface area (Å²) in [5, 5.41) is 0. The number of carbonyl (C=O) groups is 2. The Morgan fingerprint density at radius 1 is 1.29 bits per heavy atom. The summed E-state index contributed by atoms with van der Waals surface area (Å²) in [7, 11) is 1.40. The lowest BCUT2D eigenvalue weighted by molar-refractivity contribution is -0.141. The number of carbonyl (C=O) groups excluding carboxylic acids is 2. The number of thiophene rings is 1. The molecule has 0 bridgehead atoms. The van der Waals surface area contributed by atoms with Crippen molar-refractivity contribution in [3.8, 4) is 0 Å². The van der Waals surface area contributed by atoms with Gasteiger partial charge in [-0.2, -0.15) is 0 Å². The van der Waals surface area contributed by atoms with Gasteiger partial charge < -0.3 is 9.64 Å². The molecule has 2 rings (SSSR count). The van der Waals surface area contributed by atoms with Crippen LogP contribution in [-0.4, -0.2) is 61.5 Å². The molecule has 0 radical (unpaired) electrons. The molecule has 0 spiro atoms. The molecule has 1 fully saturated rings. The van der Waals surface area contributed by atoms with E-state index in [0.29, 0.717) is 26.1 Å². The van der Waals surface area contributed by atoms with E-state index in [2.05, 4.69) is 41.5 Å². The number of esters is 1. The summed E-state index contributed by atoms with van der Waals surface area (Å²) in [5.74, 6) is -0.124. The highest BCUT2D eigenvalue weighted by Crippen LogP contribution is 2.33. The summed E-state index contributed by atoms with van der Waals surface area (Å²) >= 11 is 8.25. The molecule has 0 aromatic carbocycles. The van der Waals surface area contributed by atoms with Crippen LogP contribution in [-0.2, 0) is 9.53 Å². The predicted octanol–water partition coefficient (Wildman–Crippen LogP) is 2.59. The van der Waals surface area contributed by atoms with E-state index in [-0.39, 0.29) is 11.9 Å². The number of amides is 1. The molecule has 116 valence electrons. The third kappa shape index (κ3) is 4.51. The number of halogens is 2. The van der Waals surface area contributed by atoms with Gasteiger partial charge in [0.05, 0.1) is 22.2 Å². The Kier molecular flexibility index (Phi) is 6.21. The third-order valence-corrected chi connectivity index (χ3v) is 6.62. The molecule has 0 unspecified atom stereocenters. The lowest BCUT2D eigenvalue weighted by Gasteiger charge is -2.34. The zero-order chi connectivity index (χ0) is 15.4. The minimum atomic E-state index is -0.193. The first-order valence-corrected chi connectivity index (χ1v) is 8.94. The SMILES string of the molecule is COC(=O)CCN1CCN(C(=O)c2cc(Br)c(Br)s2)CC1. The van der Waals surface area contributed by atoms with Crippen LogP contribution >= 0.6 is 43.2 Å². The molecular weight excluding hydrogens is 424 g/mol. The maximum absolute atomic E-state index is 12.4. The first-order chi connectivity index (χ1) is 10.0. The van der Waals surface area contributed by atoms with Gasteiger partial charge in [0.25, 0.3) is 5.91 Å². The van der Waals surface area contributed by atoms with Crippen LogP contribution in [0.2, 0.25) is 0 Å². The number of hydrogen-bond acceptors (Lipinski definition) is 5. The van der Waals surface area contributed by atoms with Gasteiger partial charge in [0, 0.05) is 37.2 Å². The standard InChI is InChI=1S/C13H16Br2N2O3S/c1-20-11(18)2-3-16-4-6-17(7-5-16)13(19)10-8-9(14)12(15)21-10/h8H,2-7H2,1H3. The monoisotopic (exact) mass is 438 g/mol.